The van der Waals surface area contributed by atoms with Gasteiger partial charge in [-0.2, -0.15) is 13.2 Å². The third-order valence-electron chi connectivity index (χ3n) is 6.35. The normalized spacial score (nSPS) is 21.9. The van der Waals surface area contributed by atoms with Crippen LogP contribution in [0.2, 0.25) is 0 Å². The molecule has 3 heterocycles. The number of anilines is 1. The molecule has 1 amide bonds. The number of aliphatic carboxylic acids is 1. The van der Waals surface area contributed by atoms with E-state index in [9.17, 15) is 22.8 Å². The number of alkyl halides is 3. The average molecular weight is 463 g/mol. The molecule has 4 rings (SSSR count). The minimum atomic E-state index is -4.86. The number of hydrogen-bond acceptors (Lipinski definition) is 6. The number of carbonyl (C=O) groups is 2. The molecule has 1 aromatic heterocycles. The lowest BCUT2D eigenvalue weighted by Crippen LogP contribution is -2.52. The van der Waals surface area contributed by atoms with E-state index in [0.29, 0.717) is 32.0 Å². The Balaban J connectivity index is 1.30. The minimum absolute atomic E-state index is 0.0744. The Kier molecular flexibility index (Phi) is 6.24. The van der Waals surface area contributed by atoms with Gasteiger partial charge in [-0.1, -0.05) is 0 Å². The molecule has 1 unspecified atom stereocenters. The van der Waals surface area contributed by atoms with E-state index in [1.807, 2.05) is 24.3 Å². The molecule has 176 valence electrons. The summed E-state index contributed by atoms with van der Waals surface area (Å²) in [6.07, 6.45) is -2.04. The lowest BCUT2D eigenvalue weighted by atomic mass is 9.86. The Bertz CT molecular complexity index is 995. The molecule has 0 saturated carbocycles. The van der Waals surface area contributed by atoms with Crippen molar-refractivity contribution in [2.45, 2.75) is 12.6 Å². The van der Waals surface area contributed by atoms with Crippen molar-refractivity contribution < 1.29 is 27.9 Å². The summed E-state index contributed by atoms with van der Waals surface area (Å²) in [6, 6.07) is 9.56. The monoisotopic (exact) mass is 463 g/mol. The standard InChI is InChI=1S/C22H24F3N5O3/c23-22(24,25)21(20(32)33)6-9-28(15-21)14-18(31)30-12-10-29(11-13-30)17-4-2-16(3-5-17)19-26-7-1-8-27-19/h1-5,7-8H,6,9-15H2,(H,32,33). The van der Waals surface area contributed by atoms with Crippen LogP contribution >= 0.6 is 0 Å². The van der Waals surface area contributed by atoms with Gasteiger partial charge < -0.3 is 14.9 Å². The molecule has 2 aliphatic heterocycles. The molecule has 0 radical (unpaired) electrons. The summed E-state index contributed by atoms with van der Waals surface area (Å²) >= 11 is 0. The summed E-state index contributed by atoms with van der Waals surface area (Å²) < 4.78 is 40.0. The maximum Gasteiger partial charge on any atom is 0.406 e. The number of amides is 1. The molecule has 0 aliphatic carbocycles. The molecule has 0 spiro atoms. The first-order valence-electron chi connectivity index (χ1n) is 10.6. The predicted octanol–water partition coefficient (Wildman–Crippen LogP) is 2.13. The topological polar surface area (TPSA) is 89.9 Å². The van der Waals surface area contributed by atoms with Gasteiger partial charge >= 0.3 is 12.1 Å². The molecule has 33 heavy (non-hydrogen) atoms. The van der Waals surface area contributed by atoms with Gasteiger partial charge in [0.25, 0.3) is 0 Å². The van der Waals surface area contributed by atoms with Crippen molar-refractivity contribution in [1.29, 1.82) is 0 Å². The third kappa shape index (κ3) is 4.63. The predicted molar refractivity (Wildman–Crippen MR) is 113 cm³/mol. The second kappa shape index (κ2) is 8.97. The third-order valence-corrected chi connectivity index (χ3v) is 6.35. The van der Waals surface area contributed by atoms with Crippen molar-refractivity contribution in [2.75, 3.05) is 50.7 Å². The number of carbonyl (C=O) groups excluding carboxylic acids is 1. The maximum absolute atomic E-state index is 13.3. The number of likely N-dealkylation sites (tertiary alicyclic amines) is 1. The van der Waals surface area contributed by atoms with Crippen LogP contribution in [0.5, 0.6) is 0 Å². The van der Waals surface area contributed by atoms with Gasteiger partial charge in [-0.15, -0.1) is 0 Å². The lowest BCUT2D eigenvalue weighted by Gasteiger charge is -2.37. The van der Waals surface area contributed by atoms with Gasteiger partial charge in [-0.3, -0.25) is 14.5 Å². The van der Waals surface area contributed by atoms with E-state index < -0.39 is 30.5 Å². The number of aromatic nitrogens is 2. The van der Waals surface area contributed by atoms with E-state index in [1.54, 1.807) is 23.4 Å². The molecule has 0 bridgehead atoms. The number of carboxylic acids is 1. The van der Waals surface area contributed by atoms with Crippen LogP contribution in [0.3, 0.4) is 0 Å². The van der Waals surface area contributed by atoms with Crippen LogP contribution < -0.4 is 4.90 Å². The van der Waals surface area contributed by atoms with E-state index in [-0.39, 0.29) is 19.0 Å². The Hall–Kier alpha value is -3.21. The highest BCUT2D eigenvalue weighted by atomic mass is 19.4. The van der Waals surface area contributed by atoms with Crippen LogP contribution in [0.15, 0.2) is 42.7 Å². The summed E-state index contributed by atoms with van der Waals surface area (Å²) in [5.41, 5.74) is -0.907. The first-order chi connectivity index (χ1) is 15.7. The molecule has 2 aromatic rings. The Morgan fingerprint density at radius 2 is 1.64 bits per heavy atom. The Morgan fingerprint density at radius 1 is 1.00 bits per heavy atom. The van der Waals surface area contributed by atoms with Crippen LogP contribution in [-0.4, -0.2) is 88.7 Å². The molecule has 11 heteroatoms. The molecule has 2 aliphatic rings. The van der Waals surface area contributed by atoms with Gasteiger partial charge in [0, 0.05) is 62.9 Å². The summed E-state index contributed by atoms with van der Waals surface area (Å²) in [7, 11) is 0. The molecular formula is C22H24F3N5O3. The van der Waals surface area contributed by atoms with Gasteiger partial charge in [-0.25, -0.2) is 9.97 Å². The fraction of sp³-hybridized carbons (Fsp3) is 0.455. The number of carboxylic acid groups (broad SMARTS) is 1. The molecule has 2 fully saturated rings. The van der Waals surface area contributed by atoms with E-state index in [1.165, 1.54) is 4.90 Å². The fourth-order valence-electron chi connectivity index (χ4n) is 4.33. The number of nitrogens with zero attached hydrogens (tertiary/aromatic N) is 5. The summed E-state index contributed by atoms with van der Waals surface area (Å²) in [5.74, 6) is -1.53. The lowest BCUT2D eigenvalue weighted by molar-refractivity contribution is -0.227. The van der Waals surface area contributed by atoms with Gasteiger partial charge in [-0.05, 0) is 36.8 Å². The summed E-state index contributed by atoms with van der Waals surface area (Å²) in [5, 5.41) is 9.16. The first-order valence-corrected chi connectivity index (χ1v) is 10.6. The molecule has 1 aromatic carbocycles. The van der Waals surface area contributed by atoms with Crippen LogP contribution in [0.25, 0.3) is 11.4 Å². The van der Waals surface area contributed by atoms with Crippen molar-refractivity contribution in [3.05, 3.63) is 42.7 Å². The Morgan fingerprint density at radius 3 is 2.18 bits per heavy atom. The second-order valence-corrected chi connectivity index (χ2v) is 8.33. The smallest absolute Gasteiger partial charge is 0.406 e. The van der Waals surface area contributed by atoms with Crippen LogP contribution in [-0.2, 0) is 9.59 Å². The second-order valence-electron chi connectivity index (χ2n) is 8.33. The zero-order valence-electron chi connectivity index (χ0n) is 17.8. The van der Waals surface area contributed by atoms with Gasteiger partial charge in [0.15, 0.2) is 11.2 Å². The van der Waals surface area contributed by atoms with E-state index in [4.69, 9.17) is 5.11 Å². The first kappa shape index (κ1) is 23.0. The average Bonchev–Trinajstić information content (AvgIpc) is 3.25. The van der Waals surface area contributed by atoms with Gasteiger partial charge in [0.1, 0.15) is 0 Å². The fourth-order valence-corrected chi connectivity index (χ4v) is 4.33. The van der Waals surface area contributed by atoms with Gasteiger partial charge in [0.05, 0.1) is 6.54 Å². The van der Waals surface area contributed by atoms with Crippen molar-refractivity contribution in [3.8, 4) is 11.4 Å². The van der Waals surface area contributed by atoms with E-state index >= 15 is 0 Å². The highest BCUT2D eigenvalue weighted by molar-refractivity contribution is 5.80. The maximum atomic E-state index is 13.3. The van der Waals surface area contributed by atoms with Crippen LogP contribution in [0.4, 0.5) is 18.9 Å². The van der Waals surface area contributed by atoms with Crippen LogP contribution in [0.1, 0.15) is 6.42 Å². The van der Waals surface area contributed by atoms with E-state index in [0.717, 1.165) is 11.3 Å². The number of benzene rings is 1. The van der Waals surface area contributed by atoms with Crippen LogP contribution in [0, 0.1) is 5.41 Å². The van der Waals surface area contributed by atoms with Crippen molar-refractivity contribution in [3.63, 3.8) is 0 Å². The van der Waals surface area contributed by atoms with Crippen molar-refractivity contribution in [1.82, 2.24) is 19.8 Å². The number of piperazine rings is 1. The molecule has 1 atom stereocenters. The van der Waals surface area contributed by atoms with E-state index in [2.05, 4.69) is 14.9 Å². The SMILES string of the molecule is O=C(CN1CCC(C(=O)O)(C(F)(F)F)C1)N1CCN(c2ccc(-c3ncccn3)cc2)CC1. The molecule has 8 nitrogen and oxygen atoms in total. The van der Waals surface area contributed by atoms with Gasteiger partial charge in [0.2, 0.25) is 5.91 Å². The molecule has 1 N–H and O–H groups in total. The molecule has 2 saturated heterocycles. The Labute approximate surface area is 188 Å². The number of hydrogen-bond donors (Lipinski definition) is 1. The number of rotatable bonds is 5. The minimum Gasteiger partial charge on any atom is -0.481 e. The quantitative estimate of drug-likeness (QED) is 0.727. The highest BCUT2D eigenvalue weighted by Gasteiger charge is 2.63. The zero-order chi connectivity index (χ0) is 23.6. The number of halogens is 3. The largest absolute Gasteiger partial charge is 0.481 e. The van der Waals surface area contributed by atoms with Crippen molar-refractivity contribution >= 4 is 17.6 Å². The summed E-state index contributed by atoms with van der Waals surface area (Å²) in [6.45, 7) is 1.09. The van der Waals surface area contributed by atoms with Crippen molar-refractivity contribution in [2.24, 2.45) is 5.41 Å². The summed E-state index contributed by atoms with van der Waals surface area (Å²) in [4.78, 5) is 37.5. The highest BCUT2D eigenvalue weighted by Crippen LogP contribution is 2.45. The zero-order valence-corrected chi connectivity index (χ0v) is 17.8. The molecular weight excluding hydrogens is 439 g/mol.